The molecule has 0 N–H and O–H groups in total. The Balaban J connectivity index is 2.12. The van der Waals surface area contributed by atoms with Gasteiger partial charge in [0.05, 0.1) is 11.9 Å². The number of nitrogens with zero attached hydrogens (tertiary/aromatic N) is 2. The SMILES string of the molecule is CC1CC=C(I)c2cc(Cl)ncc2N1COCC[Si](C)(C)C. The van der Waals surface area contributed by atoms with Gasteiger partial charge in [0.1, 0.15) is 11.9 Å². The zero-order chi connectivity index (χ0) is 16.3. The number of aromatic nitrogens is 1. The van der Waals surface area contributed by atoms with Gasteiger partial charge in [-0.1, -0.05) is 37.3 Å². The van der Waals surface area contributed by atoms with E-state index in [0.717, 1.165) is 24.3 Å². The average Bonchev–Trinajstić information content (AvgIpc) is 2.54. The maximum Gasteiger partial charge on any atom is 0.129 e. The Morgan fingerprint density at radius 3 is 2.86 bits per heavy atom. The molecule has 1 unspecified atom stereocenters. The number of rotatable bonds is 5. The molecule has 0 fully saturated rings. The summed E-state index contributed by atoms with van der Waals surface area (Å²) in [7, 11) is -1.05. The van der Waals surface area contributed by atoms with Crippen LogP contribution in [0.2, 0.25) is 30.8 Å². The lowest BCUT2D eigenvalue weighted by Gasteiger charge is -2.30. The smallest absolute Gasteiger partial charge is 0.129 e. The van der Waals surface area contributed by atoms with Gasteiger partial charge in [-0.05, 0) is 48.0 Å². The molecule has 1 aromatic rings. The fourth-order valence-corrected chi connectivity index (χ4v) is 3.93. The van der Waals surface area contributed by atoms with Crippen molar-refractivity contribution in [2.24, 2.45) is 0 Å². The summed E-state index contributed by atoms with van der Waals surface area (Å²) in [6, 6.07) is 3.53. The van der Waals surface area contributed by atoms with Gasteiger partial charge in [-0.25, -0.2) is 4.98 Å². The van der Waals surface area contributed by atoms with Crippen molar-refractivity contribution in [2.75, 3.05) is 18.2 Å². The maximum absolute atomic E-state index is 6.07. The topological polar surface area (TPSA) is 25.4 Å². The van der Waals surface area contributed by atoms with E-state index in [4.69, 9.17) is 16.3 Å². The fourth-order valence-electron chi connectivity index (χ4n) is 2.33. The van der Waals surface area contributed by atoms with E-state index >= 15 is 0 Å². The Labute approximate surface area is 153 Å². The van der Waals surface area contributed by atoms with E-state index in [1.54, 1.807) is 0 Å². The van der Waals surface area contributed by atoms with Crippen LogP contribution >= 0.6 is 34.2 Å². The van der Waals surface area contributed by atoms with Crippen molar-refractivity contribution < 1.29 is 4.74 Å². The molecule has 1 aromatic heterocycles. The molecule has 0 amide bonds. The number of fused-ring (bicyclic) bond motifs is 1. The van der Waals surface area contributed by atoms with Gasteiger partial charge in [0.15, 0.2) is 0 Å². The van der Waals surface area contributed by atoms with Crippen LogP contribution in [0.15, 0.2) is 18.3 Å². The molecule has 0 aliphatic carbocycles. The lowest BCUT2D eigenvalue weighted by atomic mass is 10.2. The van der Waals surface area contributed by atoms with Crippen LogP contribution in [-0.4, -0.2) is 32.4 Å². The van der Waals surface area contributed by atoms with Crippen molar-refractivity contribution in [1.82, 2.24) is 4.98 Å². The van der Waals surface area contributed by atoms with Gasteiger partial charge in [-0.2, -0.15) is 0 Å². The van der Waals surface area contributed by atoms with Crippen molar-refractivity contribution in [3.63, 3.8) is 0 Å². The summed E-state index contributed by atoms with van der Waals surface area (Å²) in [5, 5.41) is 0.537. The molecule has 0 spiro atoms. The maximum atomic E-state index is 6.07. The van der Waals surface area contributed by atoms with E-state index in [9.17, 15) is 0 Å². The van der Waals surface area contributed by atoms with Crippen molar-refractivity contribution in [3.05, 3.63) is 29.1 Å². The first-order valence-corrected chi connectivity index (χ1v) is 12.8. The number of hydrogen-bond donors (Lipinski definition) is 0. The van der Waals surface area contributed by atoms with Crippen molar-refractivity contribution >= 4 is 51.5 Å². The molecular weight excluding hydrogens is 427 g/mol. The Morgan fingerprint density at radius 2 is 2.18 bits per heavy atom. The van der Waals surface area contributed by atoms with Gasteiger partial charge in [-0.3, -0.25) is 0 Å². The van der Waals surface area contributed by atoms with Crippen LogP contribution in [0.25, 0.3) is 3.58 Å². The molecule has 3 nitrogen and oxygen atoms in total. The molecule has 1 atom stereocenters. The molecule has 2 rings (SSSR count). The number of pyridine rings is 1. The van der Waals surface area contributed by atoms with Crippen molar-refractivity contribution in [2.45, 2.75) is 45.1 Å². The third kappa shape index (κ3) is 4.94. The molecule has 2 heterocycles. The highest BCUT2D eigenvalue weighted by Crippen LogP contribution is 2.37. The summed E-state index contributed by atoms with van der Waals surface area (Å²) in [5.74, 6) is 0. The predicted molar refractivity (Wildman–Crippen MR) is 107 cm³/mol. The minimum atomic E-state index is -1.05. The number of hydrogen-bond acceptors (Lipinski definition) is 3. The highest BCUT2D eigenvalue weighted by Gasteiger charge is 2.22. The highest BCUT2D eigenvalue weighted by molar-refractivity contribution is 14.1. The van der Waals surface area contributed by atoms with Crippen LogP contribution in [0.1, 0.15) is 18.9 Å². The van der Waals surface area contributed by atoms with E-state index in [1.807, 2.05) is 12.3 Å². The van der Waals surface area contributed by atoms with Crippen LogP contribution in [0.5, 0.6) is 0 Å². The summed E-state index contributed by atoms with van der Waals surface area (Å²) in [6.07, 6.45) is 5.14. The van der Waals surface area contributed by atoms with Gasteiger partial charge in [0.2, 0.25) is 0 Å². The molecule has 0 bridgehead atoms. The Morgan fingerprint density at radius 1 is 1.45 bits per heavy atom. The fraction of sp³-hybridized carbons (Fsp3) is 0.562. The monoisotopic (exact) mass is 450 g/mol. The van der Waals surface area contributed by atoms with Gasteiger partial charge in [-0.15, -0.1) is 0 Å². The molecule has 1 aliphatic rings. The molecular formula is C16H24ClIN2OSi. The van der Waals surface area contributed by atoms with Crippen LogP contribution in [0.4, 0.5) is 5.69 Å². The van der Waals surface area contributed by atoms with E-state index < -0.39 is 8.07 Å². The Hall–Kier alpha value is -0.113. The van der Waals surface area contributed by atoms with Gasteiger partial charge in [0, 0.05) is 29.9 Å². The van der Waals surface area contributed by atoms with Gasteiger partial charge >= 0.3 is 0 Å². The first-order valence-electron chi connectivity index (χ1n) is 7.64. The Kier molecular flexibility index (Phi) is 6.33. The molecule has 6 heteroatoms. The number of anilines is 1. The summed E-state index contributed by atoms with van der Waals surface area (Å²) >= 11 is 8.45. The average molecular weight is 451 g/mol. The van der Waals surface area contributed by atoms with E-state index in [0.29, 0.717) is 17.9 Å². The van der Waals surface area contributed by atoms with E-state index in [1.165, 1.54) is 9.62 Å². The summed E-state index contributed by atoms with van der Waals surface area (Å²) in [5.41, 5.74) is 2.27. The van der Waals surface area contributed by atoms with Crippen molar-refractivity contribution in [1.29, 1.82) is 0 Å². The van der Waals surface area contributed by atoms with Crippen LogP contribution in [0, 0.1) is 0 Å². The van der Waals surface area contributed by atoms with Gasteiger partial charge < -0.3 is 9.64 Å². The zero-order valence-corrected chi connectivity index (χ0v) is 17.6. The van der Waals surface area contributed by atoms with Crippen LogP contribution in [0.3, 0.4) is 0 Å². The van der Waals surface area contributed by atoms with Crippen LogP contribution < -0.4 is 4.90 Å². The lowest BCUT2D eigenvalue weighted by molar-refractivity contribution is 0.141. The predicted octanol–water partition coefficient (Wildman–Crippen LogP) is 5.42. The van der Waals surface area contributed by atoms with E-state index in [-0.39, 0.29) is 0 Å². The standard InChI is InChI=1S/C16H24ClIN2OSi/c1-12-5-6-14(18)13-9-16(17)19-10-15(13)20(12)11-21-7-8-22(2,3)4/h6,9-10,12H,5,7-8,11H2,1-4H3. The summed E-state index contributed by atoms with van der Waals surface area (Å²) in [4.78, 5) is 6.56. The third-order valence-corrected chi connectivity index (χ3v) is 6.75. The molecule has 22 heavy (non-hydrogen) atoms. The third-order valence-electron chi connectivity index (χ3n) is 3.81. The second-order valence-electron chi connectivity index (χ2n) is 6.98. The second kappa shape index (κ2) is 7.64. The zero-order valence-electron chi connectivity index (χ0n) is 13.7. The molecule has 0 radical (unpaired) electrons. The first-order chi connectivity index (χ1) is 10.3. The molecule has 122 valence electrons. The minimum Gasteiger partial charge on any atom is -0.361 e. The number of ether oxygens (including phenoxy) is 1. The highest BCUT2D eigenvalue weighted by atomic mass is 127. The van der Waals surface area contributed by atoms with E-state index in [2.05, 4.69) is 65.1 Å². The largest absolute Gasteiger partial charge is 0.361 e. The summed E-state index contributed by atoms with van der Waals surface area (Å²) < 4.78 is 7.20. The molecule has 0 saturated carbocycles. The molecule has 1 aliphatic heterocycles. The first kappa shape index (κ1) is 18.2. The van der Waals surface area contributed by atoms with Crippen molar-refractivity contribution in [3.8, 4) is 0 Å². The normalized spacial score (nSPS) is 18.7. The quantitative estimate of drug-likeness (QED) is 0.259. The summed E-state index contributed by atoms with van der Waals surface area (Å²) in [6.45, 7) is 10.8. The van der Waals surface area contributed by atoms with Gasteiger partial charge in [0.25, 0.3) is 0 Å². The second-order valence-corrected chi connectivity index (χ2v) is 14.1. The molecule has 0 saturated heterocycles. The molecule has 0 aromatic carbocycles. The Bertz CT molecular complexity index is 560. The van der Waals surface area contributed by atoms with Crippen LogP contribution in [-0.2, 0) is 4.74 Å². The number of halogens is 2. The minimum absolute atomic E-state index is 0.390. The lowest BCUT2D eigenvalue weighted by Crippen LogP contribution is -2.35.